The van der Waals surface area contributed by atoms with E-state index in [0.717, 1.165) is 18.2 Å². The van der Waals surface area contributed by atoms with Crippen LogP contribution in [0.5, 0.6) is 0 Å². The van der Waals surface area contributed by atoms with Gasteiger partial charge >= 0.3 is 5.97 Å². The highest BCUT2D eigenvalue weighted by Gasteiger charge is 2.12. The van der Waals surface area contributed by atoms with Crippen LogP contribution in [0, 0.1) is 16.0 Å². The van der Waals surface area contributed by atoms with Crippen LogP contribution < -0.4 is 11.5 Å². The summed E-state index contributed by atoms with van der Waals surface area (Å²) in [5.41, 5.74) is 9.61. The number of amides is 1. The van der Waals surface area contributed by atoms with Gasteiger partial charge in [0.15, 0.2) is 0 Å². The Hall–Kier alpha value is -2.64. The van der Waals surface area contributed by atoms with Crippen molar-refractivity contribution in [3.05, 3.63) is 33.9 Å². The third-order valence-corrected chi connectivity index (χ3v) is 2.05. The number of nitrogens with two attached hydrogens (primary N) is 2. The molecule has 5 N–H and O–H groups in total. The Balaban J connectivity index is 0.000000459. The molecule has 19 heavy (non-hydrogen) atoms. The van der Waals surface area contributed by atoms with Gasteiger partial charge in [0.1, 0.15) is 0 Å². The molecule has 0 heterocycles. The van der Waals surface area contributed by atoms with Gasteiger partial charge in [-0.05, 0) is 6.07 Å². The minimum atomic E-state index is -1.20. The van der Waals surface area contributed by atoms with E-state index in [1.165, 1.54) is 0 Å². The van der Waals surface area contributed by atoms with E-state index in [1.54, 1.807) is 13.8 Å². The van der Waals surface area contributed by atoms with E-state index in [4.69, 9.17) is 16.6 Å². The zero-order chi connectivity index (χ0) is 15.2. The Morgan fingerprint density at radius 1 is 1.37 bits per heavy atom. The maximum absolute atomic E-state index is 10.5. The third kappa shape index (κ3) is 5.48. The van der Waals surface area contributed by atoms with E-state index >= 15 is 0 Å². The molecule has 0 aromatic heterocycles. The molecular weight excluding hydrogens is 254 g/mol. The first-order valence-corrected chi connectivity index (χ1v) is 5.23. The second-order valence-electron chi connectivity index (χ2n) is 3.89. The van der Waals surface area contributed by atoms with Gasteiger partial charge in [-0.25, -0.2) is 4.79 Å². The number of anilines is 1. The van der Waals surface area contributed by atoms with Gasteiger partial charge < -0.3 is 16.6 Å². The maximum atomic E-state index is 10.5. The number of nitro groups is 1. The summed E-state index contributed by atoms with van der Waals surface area (Å²) in [5, 5.41) is 18.8. The molecule has 1 rings (SSSR count). The van der Waals surface area contributed by atoms with Crippen LogP contribution in [0.15, 0.2) is 18.2 Å². The van der Waals surface area contributed by atoms with Crippen LogP contribution in [-0.2, 0) is 4.79 Å². The number of nitrogen functional groups attached to an aromatic ring is 1. The molecule has 104 valence electrons. The molecule has 0 fully saturated rings. The van der Waals surface area contributed by atoms with E-state index in [9.17, 15) is 19.7 Å². The quantitative estimate of drug-likeness (QED) is 0.423. The number of nitro benzene ring substituents is 1. The molecule has 1 aromatic rings. The summed E-state index contributed by atoms with van der Waals surface area (Å²) < 4.78 is 0. The van der Waals surface area contributed by atoms with Crippen LogP contribution in [-0.4, -0.2) is 21.9 Å². The highest BCUT2D eigenvalue weighted by Crippen LogP contribution is 2.19. The van der Waals surface area contributed by atoms with E-state index in [1.807, 2.05) is 0 Å². The minimum Gasteiger partial charge on any atom is -0.478 e. The standard InChI is InChI=1S/C7H6N2O4.C4H9NO/c8-6-3-4(9(12)13)1-2-5(6)7(10)11;1-3(2)4(5)6/h1-3H,8H2,(H,10,11);3H,1-2H3,(H2,5,6). The normalized spacial score (nSPS) is 9.42. The predicted octanol–water partition coefficient (Wildman–Crippen LogP) is 1.00. The molecule has 0 aliphatic carbocycles. The lowest BCUT2D eigenvalue weighted by Crippen LogP contribution is -2.17. The van der Waals surface area contributed by atoms with Crippen molar-refractivity contribution < 1.29 is 19.6 Å². The van der Waals surface area contributed by atoms with Gasteiger partial charge in [0.25, 0.3) is 5.69 Å². The molecule has 1 aromatic carbocycles. The molecule has 0 saturated carbocycles. The number of carbonyl (C=O) groups is 2. The molecule has 0 unspecified atom stereocenters. The topological polar surface area (TPSA) is 150 Å². The van der Waals surface area contributed by atoms with Crippen LogP contribution in [0.1, 0.15) is 24.2 Å². The van der Waals surface area contributed by atoms with Crippen LogP contribution >= 0.6 is 0 Å². The molecule has 0 aliphatic rings. The fourth-order valence-electron chi connectivity index (χ4n) is 0.858. The number of benzene rings is 1. The zero-order valence-corrected chi connectivity index (χ0v) is 10.5. The van der Waals surface area contributed by atoms with Gasteiger partial charge in [-0.2, -0.15) is 0 Å². The first-order valence-electron chi connectivity index (χ1n) is 5.23. The Morgan fingerprint density at radius 2 is 1.84 bits per heavy atom. The van der Waals surface area contributed by atoms with E-state index in [0.29, 0.717) is 0 Å². The summed E-state index contributed by atoms with van der Waals surface area (Å²) >= 11 is 0. The maximum Gasteiger partial charge on any atom is 0.337 e. The number of primary amides is 1. The monoisotopic (exact) mass is 269 g/mol. The Morgan fingerprint density at radius 3 is 2.11 bits per heavy atom. The SMILES string of the molecule is CC(C)C(N)=O.Nc1cc([N+](=O)[O-])ccc1C(=O)O. The van der Waals surface area contributed by atoms with Crippen LogP contribution in [0.4, 0.5) is 11.4 Å². The van der Waals surface area contributed by atoms with Crippen molar-refractivity contribution in [2.24, 2.45) is 11.7 Å². The molecule has 0 aliphatic heterocycles. The van der Waals surface area contributed by atoms with Crippen LogP contribution in [0.3, 0.4) is 0 Å². The van der Waals surface area contributed by atoms with Crippen molar-refractivity contribution >= 4 is 23.3 Å². The largest absolute Gasteiger partial charge is 0.478 e. The average Bonchev–Trinajstić information content (AvgIpc) is 2.28. The van der Waals surface area contributed by atoms with Gasteiger partial charge in [-0.1, -0.05) is 13.8 Å². The Bertz CT molecular complexity index is 499. The summed E-state index contributed by atoms with van der Waals surface area (Å²) in [5.74, 6) is -1.45. The number of non-ortho nitro benzene ring substituents is 1. The smallest absolute Gasteiger partial charge is 0.337 e. The molecule has 0 atom stereocenters. The molecule has 0 radical (unpaired) electrons. The third-order valence-electron chi connectivity index (χ3n) is 2.05. The van der Waals surface area contributed by atoms with Crippen molar-refractivity contribution in [3.63, 3.8) is 0 Å². The van der Waals surface area contributed by atoms with Crippen molar-refractivity contribution in [1.82, 2.24) is 0 Å². The Kier molecular flexibility index (Phi) is 5.98. The van der Waals surface area contributed by atoms with E-state index in [2.05, 4.69) is 0 Å². The molecule has 0 bridgehead atoms. The molecule has 0 saturated heterocycles. The fourth-order valence-corrected chi connectivity index (χ4v) is 0.858. The number of nitrogens with zero attached hydrogens (tertiary/aromatic N) is 1. The van der Waals surface area contributed by atoms with Crippen LogP contribution in [0.2, 0.25) is 0 Å². The van der Waals surface area contributed by atoms with E-state index < -0.39 is 10.9 Å². The van der Waals surface area contributed by atoms with Crippen LogP contribution in [0.25, 0.3) is 0 Å². The number of hydrogen-bond donors (Lipinski definition) is 3. The number of hydrogen-bond acceptors (Lipinski definition) is 5. The summed E-state index contributed by atoms with van der Waals surface area (Å²) in [7, 11) is 0. The zero-order valence-electron chi connectivity index (χ0n) is 10.5. The van der Waals surface area contributed by atoms with Crippen molar-refractivity contribution in [2.45, 2.75) is 13.8 Å². The van der Waals surface area contributed by atoms with Gasteiger partial charge in [0.2, 0.25) is 5.91 Å². The van der Waals surface area contributed by atoms with Crippen molar-refractivity contribution in [3.8, 4) is 0 Å². The highest BCUT2D eigenvalue weighted by atomic mass is 16.6. The van der Waals surface area contributed by atoms with Crippen molar-refractivity contribution in [2.75, 3.05) is 5.73 Å². The van der Waals surface area contributed by atoms with Gasteiger partial charge in [-0.3, -0.25) is 14.9 Å². The first-order chi connectivity index (χ1) is 8.66. The second kappa shape index (κ2) is 6.94. The number of rotatable bonds is 3. The lowest BCUT2D eigenvalue weighted by atomic mass is 10.1. The van der Waals surface area contributed by atoms with Gasteiger partial charge in [-0.15, -0.1) is 0 Å². The molecule has 0 spiro atoms. The van der Waals surface area contributed by atoms with Gasteiger partial charge in [0, 0.05) is 18.1 Å². The fraction of sp³-hybridized carbons (Fsp3) is 0.273. The number of carboxylic acids is 1. The van der Waals surface area contributed by atoms with Gasteiger partial charge in [0.05, 0.1) is 16.2 Å². The summed E-state index contributed by atoms with van der Waals surface area (Å²) in [6.45, 7) is 3.53. The highest BCUT2D eigenvalue weighted by molar-refractivity contribution is 5.94. The molecule has 8 heteroatoms. The lowest BCUT2D eigenvalue weighted by molar-refractivity contribution is -0.384. The summed E-state index contributed by atoms with van der Waals surface area (Å²) in [4.78, 5) is 30.0. The average molecular weight is 269 g/mol. The molecular formula is C11H15N3O5. The number of carbonyl (C=O) groups excluding carboxylic acids is 1. The first kappa shape index (κ1) is 16.4. The Labute approximate surface area is 109 Å². The molecule has 1 amide bonds. The minimum absolute atomic E-state index is 0.00926. The van der Waals surface area contributed by atoms with Crippen molar-refractivity contribution in [1.29, 1.82) is 0 Å². The van der Waals surface area contributed by atoms with E-state index in [-0.39, 0.29) is 28.8 Å². The summed E-state index contributed by atoms with van der Waals surface area (Å²) in [6, 6.07) is 3.22. The molecule has 8 nitrogen and oxygen atoms in total. The number of carboxylic acid groups (broad SMARTS) is 1. The lowest BCUT2D eigenvalue weighted by Gasteiger charge is -1.98. The second-order valence-corrected chi connectivity index (χ2v) is 3.89. The number of aromatic carboxylic acids is 1. The summed E-state index contributed by atoms with van der Waals surface area (Å²) in [6.07, 6.45) is 0. The predicted molar refractivity (Wildman–Crippen MR) is 68.5 cm³/mol.